The van der Waals surface area contributed by atoms with E-state index >= 15 is 0 Å². The number of anilines is 1. The van der Waals surface area contributed by atoms with Gasteiger partial charge < -0.3 is 4.90 Å². The summed E-state index contributed by atoms with van der Waals surface area (Å²) in [4.78, 5) is 15.9. The number of rotatable bonds is 3. The maximum Gasteiger partial charge on any atom is 0.230 e. The van der Waals surface area contributed by atoms with Crippen LogP contribution in [0.25, 0.3) is 16.6 Å². The summed E-state index contributed by atoms with van der Waals surface area (Å²) >= 11 is 7.65. The number of carbonyl (C=O) groups is 1. The second-order valence-electron chi connectivity index (χ2n) is 7.28. The van der Waals surface area contributed by atoms with E-state index in [4.69, 9.17) is 11.6 Å². The summed E-state index contributed by atoms with van der Waals surface area (Å²) in [5, 5.41) is 5.37. The molecule has 1 aliphatic heterocycles. The van der Waals surface area contributed by atoms with Crippen LogP contribution in [0.1, 0.15) is 24.3 Å². The van der Waals surface area contributed by atoms with Crippen LogP contribution in [0, 0.1) is 11.7 Å². The Bertz CT molecular complexity index is 1220. The Morgan fingerprint density at radius 1 is 1.10 bits per heavy atom. The molecule has 29 heavy (non-hydrogen) atoms. The number of carbonyl (C=O) groups excluding carboxylic acids is 1. The maximum absolute atomic E-state index is 13.2. The highest BCUT2D eigenvalue weighted by molar-refractivity contribution is 7.16. The van der Waals surface area contributed by atoms with Crippen molar-refractivity contribution in [2.45, 2.75) is 19.4 Å². The summed E-state index contributed by atoms with van der Waals surface area (Å²) in [6.45, 7) is 1.97. The summed E-state index contributed by atoms with van der Waals surface area (Å²) in [7, 11) is 0. The number of aromatic nitrogens is 2. The molecular formula is C22H17ClFN3OS. The van der Waals surface area contributed by atoms with Gasteiger partial charge in [0.2, 0.25) is 5.91 Å². The zero-order chi connectivity index (χ0) is 20.1. The molecule has 0 bridgehead atoms. The molecule has 0 spiro atoms. The van der Waals surface area contributed by atoms with Crippen molar-refractivity contribution in [3.05, 3.63) is 75.8 Å². The van der Waals surface area contributed by atoms with Crippen molar-refractivity contribution in [2.75, 3.05) is 4.90 Å². The molecule has 0 radical (unpaired) electrons. The van der Waals surface area contributed by atoms with Gasteiger partial charge in [-0.05, 0) is 61.0 Å². The van der Waals surface area contributed by atoms with Crippen LogP contribution in [-0.2, 0) is 4.79 Å². The molecule has 2 aromatic heterocycles. The first-order chi connectivity index (χ1) is 14.0. The maximum atomic E-state index is 13.2. The molecule has 4 nitrogen and oxygen atoms in total. The summed E-state index contributed by atoms with van der Waals surface area (Å²) < 4.78 is 15.7. The highest BCUT2D eigenvalue weighted by atomic mass is 35.5. The molecule has 3 heterocycles. The number of hydrogen-bond acceptors (Lipinski definition) is 3. The van der Waals surface area contributed by atoms with Crippen LogP contribution in [0.3, 0.4) is 0 Å². The van der Waals surface area contributed by atoms with E-state index < -0.39 is 0 Å². The molecule has 2 aromatic carbocycles. The molecule has 0 unspecified atom stereocenters. The average Bonchev–Trinajstić information content (AvgIpc) is 3.40. The summed E-state index contributed by atoms with van der Waals surface area (Å²) in [5.74, 6) is -0.211. The van der Waals surface area contributed by atoms with E-state index in [0.717, 1.165) is 37.9 Å². The molecule has 0 aliphatic carbocycles. The topological polar surface area (TPSA) is 38.1 Å². The minimum atomic E-state index is -0.283. The van der Waals surface area contributed by atoms with Crippen molar-refractivity contribution in [3.63, 3.8) is 0 Å². The molecule has 146 valence electrons. The Morgan fingerprint density at radius 3 is 2.59 bits per heavy atom. The van der Waals surface area contributed by atoms with Crippen LogP contribution in [0.15, 0.2) is 60.8 Å². The first-order valence-electron chi connectivity index (χ1n) is 9.33. The zero-order valence-corrected chi connectivity index (χ0v) is 17.1. The fourth-order valence-electron chi connectivity index (χ4n) is 3.95. The molecular weight excluding hydrogens is 409 g/mol. The highest BCUT2D eigenvalue weighted by Crippen LogP contribution is 2.43. The molecule has 0 N–H and O–H groups in total. The Labute approximate surface area is 176 Å². The van der Waals surface area contributed by atoms with E-state index in [9.17, 15) is 9.18 Å². The van der Waals surface area contributed by atoms with Crippen LogP contribution in [0.2, 0.25) is 4.34 Å². The summed E-state index contributed by atoms with van der Waals surface area (Å²) in [6.07, 6.45) is 2.53. The fraction of sp³-hybridized carbons (Fsp3) is 0.182. The third kappa shape index (κ3) is 3.12. The Kier molecular flexibility index (Phi) is 4.41. The van der Waals surface area contributed by atoms with Gasteiger partial charge >= 0.3 is 0 Å². The minimum absolute atomic E-state index is 0.0143. The van der Waals surface area contributed by atoms with Gasteiger partial charge in [-0.15, -0.1) is 11.3 Å². The molecule has 0 saturated carbocycles. The van der Waals surface area contributed by atoms with Crippen molar-refractivity contribution in [1.82, 2.24) is 9.78 Å². The summed E-state index contributed by atoms with van der Waals surface area (Å²) in [6, 6.07) is 16.0. The second kappa shape index (κ2) is 6.97. The van der Waals surface area contributed by atoms with Crippen LogP contribution in [0.5, 0.6) is 0 Å². The fourth-order valence-corrected chi connectivity index (χ4v) is 5.11. The molecule has 1 aliphatic rings. The van der Waals surface area contributed by atoms with Crippen LogP contribution in [0.4, 0.5) is 10.1 Å². The first kappa shape index (κ1) is 18.3. The van der Waals surface area contributed by atoms with E-state index in [-0.39, 0.29) is 23.7 Å². The lowest BCUT2D eigenvalue weighted by molar-refractivity contribution is -0.120. The molecule has 5 rings (SSSR count). The molecule has 1 saturated heterocycles. The van der Waals surface area contributed by atoms with Crippen LogP contribution >= 0.6 is 22.9 Å². The quantitative estimate of drug-likeness (QED) is 0.404. The third-order valence-electron chi connectivity index (χ3n) is 5.37. The molecule has 2 atom stereocenters. The van der Waals surface area contributed by atoms with Gasteiger partial charge in [0.15, 0.2) is 0 Å². The molecule has 4 aromatic rings. The van der Waals surface area contributed by atoms with Gasteiger partial charge in [-0.25, -0.2) is 9.07 Å². The van der Waals surface area contributed by atoms with Crippen molar-refractivity contribution >= 4 is 45.4 Å². The number of fused-ring (bicyclic) bond motifs is 1. The Morgan fingerprint density at radius 2 is 1.86 bits per heavy atom. The van der Waals surface area contributed by atoms with E-state index in [1.807, 2.05) is 42.2 Å². The Hall–Kier alpha value is -2.70. The van der Waals surface area contributed by atoms with Gasteiger partial charge in [0, 0.05) is 21.9 Å². The standard InChI is InChI=1S/C22H17ClFN3OS/c1-13-10-19(20-8-9-21(23)29-20)26(22(13)28)17-6-7-18-14(11-17)12-25-27(18)16-4-2-15(24)3-5-16/h2-9,11-13,19H,10H2,1H3/t13-,19+/m1/s1. The van der Waals surface area contributed by atoms with Gasteiger partial charge in [-0.1, -0.05) is 18.5 Å². The highest BCUT2D eigenvalue weighted by Gasteiger charge is 2.39. The average molecular weight is 426 g/mol. The van der Waals surface area contributed by atoms with Gasteiger partial charge in [0.05, 0.1) is 27.8 Å². The SMILES string of the molecule is C[C@@H]1C[C@@H](c2ccc(Cl)s2)N(c2ccc3c(cnn3-c3ccc(F)cc3)c2)C1=O. The largest absolute Gasteiger partial charge is 0.304 e. The van der Waals surface area contributed by atoms with Crippen molar-refractivity contribution < 1.29 is 9.18 Å². The Balaban J connectivity index is 1.56. The predicted molar refractivity (Wildman–Crippen MR) is 114 cm³/mol. The zero-order valence-electron chi connectivity index (χ0n) is 15.5. The minimum Gasteiger partial charge on any atom is -0.304 e. The molecule has 1 amide bonds. The van der Waals surface area contributed by atoms with Crippen LogP contribution in [-0.4, -0.2) is 15.7 Å². The number of amides is 1. The number of nitrogens with zero attached hydrogens (tertiary/aromatic N) is 3. The lowest BCUT2D eigenvalue weighted by Gasteiger charge is -2.24. The molecule has 7 heteroatoms. The first-order valence-corrected chi connectivity index (χ1v) is 10.5. The van der Waals surface area contributed by atoms with E-state index in [1.54, 1.807) is 23.0 Å². The van der Waals surface area contributed by atoms with Crippen molar-refractivity contribution in [3.8, 4) is 5.69 Å². The van der Waals surface area contributed by atoms with Crippen molar-refractivity contribution in [2.24, 2.45) is 5.92 Å². The third-order valence-corrected chi connectivity index (χ3v) is 6.70. The number of hydrogen-bond donors (Lipinski definition) is 0. The van der Waals surface area contributed by atoms with Gasteiger partial charge in [0.25, 0.3) is 0 Å². The number of benzene rings is 2. The van der Waals surface area contributed by atoms with Gasteiger partial charge in [-0.2, -0.15) is 5.10 Å². The second-order valence-corrected chi connectivity index (χ2v) is 9.03. The summed E-state index contributed by atoms with van der Waals surface area (Å²) in [5.41, 5.74) is 2.53. The van der Waals surface area contributed by atoms with Crippen LogP contribution < -0.4 is 4.90 Å². The monoisotopic (exact) mass is 425 g/mol. The van der Waals surface area contributed by atoms with E-state index in [1.165, 1.54) is 23.5 Å². The normalized spacial score (nSPS) is 19.4. The lowest BCUT2D eigenvalue weighted by atomic mass is 10.1. The number of thiophene rings is 1. The number of halogens is 2. The smallest absolute Gasteiger partial charge is 0.230 e. The van der Waals surface area contributed by atoms with Gasteiger partial charge in [0.1, 0.15) is 5.82 Å². The van der Waals surface area contributed by atoms with E-state index in [2.05, 4.69) is 5.10 Å². The predicted octanol–water partition coefficient (Wildman–Crippen LogP) is 5.99. The van der Waals surface area contributed by atoms with Crippen molar-refractivity contribution in [1.29, 1.82) is 0 Å². The lowest BCUT2D eigenvalue weighted by Crippen LogP contribution is -2.28. The van der Waals surface area contributed by atoms with E-state index in [0.29, 0.717) is 0 Å². The van der Waals surface area contributed by atoms with Gasteiger partial charge in [-0.3, -0.25) is 4.79 Å². The molecule has 1 fully saturated rings.